The number of alkyl halides is 1. The number of aromatic nitrogens is 1. The Morgan fingerprint density at radius 1 is 1.33 bits per heavy atom. The summed E-state index contributed by atoms with van der Waals surface area (Å²) in [5.41, 5.74) is 0.815. The summed E-state index contributed by atoms with van der Waals surface area (Å²) in [5.74, 6) is -0.0695. The van der Waals surface area contributed by atoms with Crippen molar-refractivity contribution in [3.8, 4) is 5.88 Å². The smallest absolute Gasteiger partial charge is 0.218 e. The summed E-state index contributed by atoms with van der Waals surface area (Å²) >= 11 is 3.19. The molecular weight excluding hydrogens is 532 g/mol. The first-order valence-corrected chi connectivity index (χ1v) is 13.2. The monoisotopic (exact) mass is 565 g/mol. The van der Waals surface area contributed by atoms with Gasteiger partial charge in [0.05, 0.1) is 16.6 Å². The van der Waals surface area contributed by atoms with E-state index in [0.717, 1.165) is 42.4 Å². The fraction of sp³-hybridized carbons (Fsp3) is 0.556. The number of aliphatic hydroxyl groups excluding tert-OH is 1. The van der Waals surface area contributed by atoms with E-state index in [1.807, 2.05) is 6.07 Å². The number of hydrogen-bond acceptors (Lipinski definition) is 5. The van der Waals surface area contributed by atoms with Crippen LogP contribution in [-0.2, 0) is 17.6 Å². The lowest BCUT2D eigenvalue weighted by atomic mass is 9.73. The molecule has 1 aliphatic heterocycles. The number of hydrogen-bond donors (Lipinski definition) is 3. The van der Waals surface area contributed by atoms with E-state index in [-0.39, 0.29) is 36.3 Å². The minimum absolute atomic E-state index is 0.128. The van der Waals surface area contributed by atoms with Gasteiger partial charge in [-0.15, -0.1) is 0 Å². The molecule has 1 aromatic heterocycles. The highest BCUT2D eigenvalue weighted by molar-refractivity contribution is 9.10. The third kappa shape index (κ3) is 6.61. The van der Waals surface area contributed by atoms with E-state index in [9.17, 15) is 18.7 Å². The zero-order chi connectivity index (χ0) is 26.1. The van der Waals surface area contributed by atoms with Gasteiger partial charge >= 0.3 is 0 Å². The first-order valence-electron chi connectivity index (χ1n) is 12.4. The minimum Gasteiger partial charge on any atom is -0.471 e. The number of benzene rings is 1. The SMILES string of the molecule is CC(=O)N[C@@H](Cc1ccc(F)c(Br)c1)[C@@H](O)CN[C@H]1CC2(CCC2)Oc2ncc(CC(C)(C)F)cc21. The maximum atomic E-state index is 14.3. The van der Waals surface area contributed by atoms with Crippen LogP contribution in [0.15, 0.2) is 34.9 Å². The maximum absolute atomic E-state index is 14.3. The van der Waals surface area contributed by atoms with Crippen LogP contribution >= 0.6 is 15.9 Å². The van der Waals surface area contributed by atoms with E-state index in [4.69, 9.17) is 4.74 Å². The second-order valence-electron chi connectivity index (χ2n) is 10.8. The second-order valence-corrected chi connectivity index (χ2v) is 11.6. The van der Waals surface area contributed by atoms with Crippen LogP contribution in [0.5, 0.6) is 5.88 Å². The van der Waals surface area contributed by atoms with Crippen LogP contribution < -0.4 is 15.4 Å². The van der Waals surface area contributed by atoms with E-state index in [2.05, 4.69) is 31.5 Å². The zero-order valence-electron chi connectivity index (χ0n) is 20.9. The highest BCUT2D eigenvalue weighted by Gasteiger charge is 2.46. The number of carbonyl (C=O) groups is 1. The molecule has 2 aromatic rings. The predicted octanol–water partition coefficient (Wildman–Crippen LogP) is 4.72. The summed E-state index contributed by atoms with van der Waals surface area (Å²) in [7, 11) is 0. The highest BCUT2D eigenvalue weighted by Crippen LogP contribution is 2.48. The first kappa shape index (κ1) is 26.9. The Balaban J connectivity index is 1.50. The Morgan fingerprint density at radius 3 is 2.69 bits per heavy atom. The molecule has 36 heavy (non-hydrogen) atoms. The molecule has 9 heteroatoms. The molecule has 196 valence electrons. The Morgan fingerprint density at radius 2 is 2.08 bits per heavy atom. The van der Waals surface area contributed by atoms with Gasteiger partial charge in [0.15, 0.2) is 0 Å². The molecule has 1 spiro atoms. The fourth-order valence-electron chi connectivity index (χ4n) is 5.09. The number of carbonyl (C=O) groups excluding carboxylic acids is 1. The third-order valence-electron chi connectivity index (χ3n) is 6.96. The van der Waals surface area contributed by atoms with Crippen molar-refractivity contribution in [2.24, 2.45) is 0 Å². The lowest BCUT2D eigenvalue weighted by Crippen LogP contribution is -2.52. The molecule has 6 nitrogen and oxygen atoms in total. The topological polar surface area (TPSA) is 83.5 Å². The normalized spacial score (nSPS) is 20.1. The van der Waals surface area contributed by atoms with Gasteiger partial charge < -0.3 is 20.5 Å². The molecule has 2 aliphatic rings. The van der Waals surface area contributed by atoms with Crippen molar-refractivity contribution < 1.29 is 23.4 Å². The van der Waals surface area contributed by atoms with E-state index >= 15 is 0 Å². The van der Waals surface area contributed by atoms with E-state index < -0.39 is 17.8 Å². The molecule has 3 atom stereocenters. The molecule has 0 unspecified atom stereocenters. The number of aliphatic hydroxyl groups is 1. The molecule has 1 fully saturated rings. The van der Waals surface area contributed by atoms with Crippen LogP contribution in [-0.4, -0.2) is 46.0 Å². The number of ether oxygens (including phenoxy) is 1. The van der Waals surface area contributed by atoms with Gasteiger partial charge in [0, 0.05) is 44.1 Å². The average Bonchev–Trinajstić information content (AvgIpc) is 2.76. The van der Waals surface area contributed by atoms with Gasteiger partial charge in [-0.2, -0.15) is 0 Å². The lowest BCUT2D eigenvalue weighted by molar-refractivity contribution is -0.120. The van der Waals surface area contributed by atoms with Gasteiger partial charge in [-0.25, -0.2) is 13.8 Å². The first-order chi connectivity index (χ1) is 16.9. The van der Waals surface area contributed by atoms with Crippen LogP contribution in [0.1, 0.15) is 69.2 Å². The van der Waals surface area contributed by atoms with Crippen LogP contribution in [0, 0.1) is 5.82 Å². The van der Waals surface area contributed by atoms with Crippen molar-refractivity contribution in [3.05, 3.63) is 57.4 Å². The fourth-order valence-corrected chi connectivity index (χ4v) is 5.52. The highest BCUT2D eigenvalue weighted by atomic mass is 79.9. The van der Waals surface area contributed by atoms with Crippen molar-refractivity contribution >= 4 is 21.8 Å². The molecule has 1 aliphatic carbocycles. The summed E-state index contributed by atoms with van der Waals surface area (Å²) in [6.45, 7) is 4.70. The molecule has 4 rings (SSSR count). The lowest BCUT2D eigenvalue weighted by Gasteiger charge is -2.47. The third-order valence-corrected chi connectivity index (χ3v) is 7.56. The summed E-state index contributed by atoms with van der Waals surface area (Å²) in [6.07, 6.45) is 5.07. The maximum Gasteiger partial charge on any atom is 0.218 e. The van der Waals surface area contributed by atoms with Crippen molar-refractivity contribution in [1.29, 1.82) is 0 Å². The molecule has 0 saturated heterocycles. The number of rotatable bonds is 9. The zero-order valence-corrected chi connectivity index (χ0v) is 22.5. The summed E-state index contributed by atoms with van der Waals surface area (Å²) in [6, 6.07) is 5.90. The van der Waals surface area contributed by atoms with Gasteiger partial charge in [-0.1, -0.05) is 6.07 Å². The molecule has 0 bridgehead atoms. The van der Waals surface area contributed by atoms with Gasteiger partial charge in [0.2, 0.25) is 11.8 Å². The van der Waals surface area contributed by atoms with Gasteiger partial charge in [-0.05, 0) is 84.8 Å². The summed E-state index contributed by atoms with van der Waals surface area (Å²) < 4.78 is 34.6. The molecule has 1 aromatic carbocycles. The predicted molar refractivity (Wildman–Crippen MR) is 137 cm³/mol. The standard InChI is InChI=1S/C27H34BrF2N3O3/c1-16(34)33-22(11-17-5-6-21(29)20(28)10-17)24(35)15-31-23-13-27(7-4-8-27)36-25-19(23)9-18(14-32-25)12-26(2,3)30/h5-6,9-10,14,22-24,31,35H,4,7-8,11-13,15H2,1-3H3,(H,33,34)/t22-,23-,24-/m0/s1. The van der Waals surface area contributed by atoms with Gasteiger partial charge in [0.1, 0.15) is 17.1 Å². The van der Waals surface area contributed by atoms with Crippen LogP contribution in [0.25, 0.3) is 0 Å². The summed E-state index contributed by atoms with van der Waals surface area (Å²) in [4.78, 5) is 16.4. The Bertz CT molecular complexity index is 1100. The Kier molecular flexibility index (Phi) is 8.02. The molecule has 1 amide bonds. The van der Waals surface area contributed by atoms with E-state index in [0.29, 0.717) is 16.8 Å². The van der Waals surface area contributed by atoms with Crippen molar-refractivity contribution in [3.63, 3.8) is 0 Å². The van der Waals surface area contributed by atoms with Crippen molar-refractivity contribution in [2.75, 3.05) is 6.54 Å². The molecule has 3 N–H and O–H groups in total. The number of amides is 1. The Labute approximate surface area is 219 Å². The average molecular weight is 566 g/mol. The van der Waals surface area contributed by atoms with Crippen LogP contribution in [0.3, 0.4) is 0 Å². The van der Waals surface area contributed by atoms with Gasteiger partial charge in [-0.3, -0.25) is 4.79 Å². The molecular formula is C27H34BrF2N3O3. The Hall–Kier alpha value is -2.10. The molecule has 2 heterocycles. The number of pyridine rings is 1. The minimum atomic E-state index is -1.36. The number of fused-ring (bicyclic) bond motifs is 1. The number of nitrogens with one attached hydrogen (secondary N) is 2. The summed E-state index contributed by atoms with van der Waals surface area (Å²) in [5, 5.41) is 17.4. The largest absolute Gasteiger partial charge is 0.471 e. The second kappa shape index (κ2) is 10.7. The number of nitrogens with zero attached hydrogens (tertiary/aromatic N) is 1. The van der Waals surface area contributed by atoms with Gasteiger partial charge in [0.25, 0.3) is 0 Å². The molecule has 1 saturated carbocycles. The van der Waals surface area contributed by atoms with Crippen LogP contribution in [0.2, 0.25) is 0 Å². The van der Waals surface area contributed by atoms with E-state index in [1.165, 1.54) is 13.0 Å². The van der Waals surface area contributed by atoms with E-state index in [1.54, 1.807) is 32.2 Å². The van der Waals surface area contributed by atoms with Crippen LogP contribution in [0.4, 0.5) is 8.78 Å². The quantitative estimate of drug-likeness (QED) is 0.410. The molecule has 0 radical (unpaired) electrons. The van der Waals surface area contributed by atoms with Crippen molar-refractivity contribution in [1.82, 2.24) is 15.6 Å². The number of halogens is 3. The van der Waals surface area contributed by atoms with Crippen molar-refractivity contribution in [2.45, 2.75) is 88.8 Å².